The second kappa shape index (κ2) is 11.0. The zero-order valence-electron chi connectivity index (χ0n) is 16.3. The van der Waals surface area contributed by atoms with Crippen molar-refractivity contribution in [3.63, 3.8) is 0 Å². The third-order valence-electron chi connectivity index (χ3n) is 4.06. The third kappa shape index (κ3) is 5.45. The maximum absolute atomic E-state index is 12.6. The Morgan fingerprint density at radius 3 is 2.12 bits per heavy atom. The number of halogens is 5. The Morgan fingerprint density at radius 2 is 1.53 bits per heavy atom. The Morgan fingerprint density at radius 1 is 0.938 bits per heavy atom. The standard InChI is InChI=1S/C21H14Cl5NO4S/c1-2-30-21(29)11-8-12(10-6-4-3-5-7-10)32-20(11)27-13(28)9-31-19-17(25)15(23)14(22)16(24)18(19)26/h3-8H,2,9H2,1H3,(H,27,28). The van der Waals surface area contributed by atoms with Crippen molar-refractivity contribution >= 4 is 86.2 Å². The summed E-state index contributed by atoms with van der Waals surface area (Å²) in [5.74, 6) is -1.19. The number of thiophene rings is 1. The molecule has 1 aromatic heterocycles. The summed E-state index contributed by atoms with van der Waals surface area (Å²) < 4.78 is 10.5. The summed E-state index contributed by atoms with van der Waals surface area (Å²) in [6, 6.07) is 11.1. The molecule has 0 fully saturated rings. The first-order valence-corrected chi connectivity index (χ1v) is 11.8. The van der Waals surface area contributed by atoms with Crippen LogP contribution in [0.15, 0.2) is 36.4 Å². The molecule has 1 N–H and O–H groups in total. The summed E-state index contributed by atoms with van der Waals surface area (Å²) in [6.07, 6.45) is 0. The van der Waals surface area contributed by atoms with Crippen LogP contribution in [-0.2, 0) is 9.53 Å². The van der Waals surface area contributed by atoms with Gasteiger partial charge in [0.2, 0.25) is 0 Å². The predicted molar refractivity (Wildman–Crippen MR) is 131 cm³/mol. The molecule has 3 aromatic rings. The Hall–Kier alpha value is -1.67. The fourth-order valence-corrected chi connectivity index (χ4v) is 4.90. The van der Waals surface area contributed by atoms with E-state index in [1.54, 1.807) is 13.0 Å². The SMILES string of the molecule is CCOC(=O)c1cc(-c2ccccc2)sc1NC(=O)COc1c(Cl)c(Cl)c(Cl)c(Cl)c1Cl. The van der Waals surface area contributed by atoms with Crippen molar-refractivity contribution in [2.45, 2.75) is 6.92 Å². The fraction of sp³-hybridized carbons (Fsp3) is 0.143. The van der Waals surface area contributed by atoms with Gasteiger partial charge in [0.1, 0.15) is 15.0 Å². The number of esters is 1. The van der Waals surface area contributed by atoms with Crippen LogP contribution in [-0.4, -0.2) is 25.1 Å². The smallest absolute Gasteiger partial charge is 0.341 e. The Balaban J connectivity index is 1.82. The highest BCUT2D eigenvalue weighted by molar-refractivity contribution is 7.20. The van der Waals surface area contributed by atoms with E-state index in [0.29, 0.717) is 5.00 Å². The number of carbonyl (C=O) groups is 2. The van der Waals surface area contributed by atoms with Crippen LogP contribution in [0.5, 0.6) is 5.75 Å². The first kappa shape index (κ1) is 25.0. The molecule has 2 aromatic carbocycles. The van der Waals surface area contributed by atoms with E-state index in [0.717, 1.165) is 10.4 Å². The maximum atomic E-state index is 12.6. The summed E-state index contributed by atoms with van der Waals surface area (Å²) in [5, 5.41) is 2.72. The summed E-state index contributed by atoms with van der Waals surface area (Å²) >= 11 is 31.4. The van der Waals surface area contributed by atoms with Gasteiger partial charge >= 0.3 is 5.97 Å². The molecule has 0 saturated heterocycles. The minimum Gasteiger partial charge on any atom is -0.481 e. The van der Waals surface area contributed by atoms with E-state index >= 15 is 0 Å². The van der Waals surface area contributed by atoms with Gasteiger partial charge in [-0.3, -0.25) is 4.79 Å². The molecule has 0 saturated carbocycles. The van der Waals surface area contributed by atoms with Crippen molar-refractivity contribution in [1.29, 1.82) is 0 Å². The second-order valence-electron chi connectivity index (χ2n) is 6.18. The van der Waals surface area contributed by atoms with Crippen LogP contribution < -0.4 is 10.1 Å². The highest BCUT2D eigenvalue weighted by Gasteiger charge is 2.23. The highest BCUT2D eigenvalue weighted by atomic mass is 35.5. The summed E-state index contributed by atoms with van der Waals surface area (Å²) in [7, 11) is 0. The number of benzene rings is 2. The lowest BCUT2D eigenvalue weighted by atomic mass is 10.1. The normalized spacial score (nSPS) is 10.7. The monoisotopic (exact) mass is 551 g/mol. The molecule has 168 valence electrons. The number of anilines is 1. The predicted octanol–water partition coefficient (Wildman–Crippen LogP) is 7.88. The van der Waals surface area contributed by atoms with Gasteiger partial charge in [-0.1, -0.05) is 88.3 Å². The molecule has 0 aliphatic rings. The van der Waals surface area contributed by atoms with Gasteiger partial charge in [0.15, 0.2) is 12.4 Å². The molecular weight excluding hydrogens is 540 g/mol. The lowest BCUT2D eigenvalue weighted by Crippen LogP contribution is -2.21. The molecule has 32 heavy (non-hydrogen) atoms. The third-order valence-corrected chi connectivity index (χ3v) is 7.40. The average Bonchev–Trinajstić information content (AvgIpc) is 3.21. The van der Waals surface area contributed by atoms with Crippen LogP contribution in [0.1, 0.15) is 17.3 Å². The minimum atomic E-state index is -0.564. The van der Waals surface area contributed by atoms with Crippen LogP contribution in [0.2, 0.25) is 25.1 Å². The molecule has 0 aliphatic carbocycles. The Labute approximate surface area is 213 Å². The lowest BCUT2D eigenvalue weighted by Gasteiger charge is -2.13. The van der Waals surface area contributed by atoms with Gasteiger partial charge in [-0.2, -0.15) is 0 Å². The van der Waals surface area contributed by atoms with Crippen molar-refractivity contribution < 1.29 is 19.1 Å². The van der Waals surface area contributed by atoms with Crippen LogP contribution in [0.25, 0.3) is 10.4 Å². The highest BCUT2D eigenvalue weighted by Crippen LogP contribution is 2.48. The molecule has 0 spiro atoms. The van der Waals surface area contributed by atoms with Crippen molar-refractivity contribution in [2.75, 3.05) is 18.5 Å². The van der Waals surface area contributed by atoms with Gasteiger partial charge in [-0.15, -0.1) is 11.3 Å². The molecular formula is C21H14Cl5NO4S. The first-order valence-electron chi connectivity index (χ1n) is 9.05. The van der Waals surface area contributed by atoms with Gasteiger partial charge < -0.3 is 14.8 Å². The zero-order valence-corrected chi connectivity index (χ0v) is 20.9. The molecule has 1 heterocycles. The van der Waals surface area contributed by atoms with Crippen LogP contribution in [0.4, 0.5) is 5.00 Å². The zero-order chi connectivity index (χ0) is 23.4. The maximum Gasteiger partial charge on any atom is 0.341 e. The number of amides is 1. The average molecular weight is 554 g/mol. The largest absolute Gasteiger partial charge is 0.481 e. The Kier molecular flexibility index (Phi) is 8.55. The van der Waals surface area contributed by atoms with E-state index in [2.05, 4.69) is 5.32 Å². The van der Waals surface area contributed by atoms with E-state index in [9.17, 15) is 9.59 Å². The number of hydrogen-bond donors (Lipinski definition) is 1. The van der Waals surface area contributed by atoms with E-state index < -0.39 is 18.5 Å². The molecule has 11 heteroatoms. The molecule has 1 amide bonds. The summed E-state index contributed by atoms with van der Waals surface area (Å²) in [4.78, 5) is 25.7. The van der Waals surface area contributed by atoms with Crippen LogP contribution in [0, 0.1) is 0 Å². The lowest BCUT2D eigenvalue weighted by molar-refractivity contribution is -0.118. The van der Waals surface area contributed by atoms with E-state index in [1.807, 2.05) is 30.3 Å². The number of rotatable bonds is 7. The summed E-state index contributed by atoms with van der Waals surface area (Å²) in [6.45, 7) is 1.42. The van der Waals surface area contributed by atoms with Crippen LogP contribution in [0.3, 0.4) is 0 Å². The van der Waals surface area contributed by atoms with E-state index in [1.165, 1.54) is 11.3 Å². The van der Waals surface area contributed by atoms with Crippen molar-refractivity contribution in [3.8, 4) is 16.2 Å². The van der Waals surface area contributed by atoms with Gasteiger partial charge in [0, 0.05) is 4.88 Å². The van der Waals surface area contributed by atoms with E-state index in [4.69, 9.17) is 67.5 Å². The molecule has 0 radical (unpaired) electrons. The quantitative estimate of drug-likeness (QED) is 0.184. The topological polar surface area (TPSA) is 64.6 Å². The van der Waals surface area contributed by atoms with Gasteiger partial charge in [0.05, 0.1) is 27.2 Å². The van der Waals surface area contributed by atoms with Crippen LogP contribution >= 0.6 is 69.3 Å². The molecule has 0 atom stereocenters. The van der Waals surface area contributed by atoms with Crippen molar-refractivity contribution in [1.82, 2.24) is 0 Å². The first-order chi connectivity index (χ1) is 15.2. The fourth-order valence-electron chi connectivity index (χ4n) is 2.60. The number of nitrogens with one attached hydrogen (secondary N) is 1. The molecule has 5 nitrogen and oxygen atoms in total. The van der Waals surface area contributed by atoms with Crippen molar-refractivity contribution in [3.05, 3.63) is 67.1 Å². The van der Waals surface area contributed by atoms with Crippen molar-refractivity contribution in [2.24, 2.45) is 0 Å². The number of ether oxygens (including phenoxy) is 2. The molecule has 0 bridgehead atoms. The van der Waals surface area contributed by atoms with Gasteiger partial charge in [-0.05, 0) is 18.6 Å². The number of carbonyl (C=O) groups excluding carboxylic acids is 2. The molecule has 0 aliphatic heterocycles. The van der Waals surface area contributed by atoms with E-state index in [-0.39, 0.29) is 43.0 Å². The summed E-state index contributed by atoms with van der Waals surface area (Å²) in [5.41, 5.74) is 1.13. The van der Waals surface area contributed by atoms with Gasteiger partial charge in [0.25, 0.3) is 5.91 Å². The molecule has 0 unspecified atom stereocenters. The number of hydrogen-bond acceptors (Lipinski definition) is 5. The second-order valence-corrected chi connectivity index (χ2v) is 9.12. The minimum absolute atomic E-state index is 0.0220. The molecule has 3 rings (SSSR count). The Bertz CT molecular complexity index is 1140. The van der Waals surface area contributed by atoms with Gasteiger partial charge in [-0.25, -0.2) is 4.79 Å².